The third-order valence-corrected chi connectivity index (χ3v) is 2.73. The Balaban J connectivity index is 1.77. The molecule has 1 fully saturated rings. The highest BCUT2D eigenvalue weighted by molar-refractivity contribution is 4.99. The van der Waals surface area contributed by atoms with Gasteiger partial charge in [0.1, 0.15) is 6.10 Å². The van der Waals surface area contributed by atoms with Crippen molar-refractivity contribution in [2.45, 2.75) is 18.9 Å². The van der Waals surface area contributed by atoms with E-state index in [2.05, 4.69) is 10.3 Å². The van der Waals surface area contributed by atoms with E-state index >= 15 is 0 Å². The van der Waals surface area contributed by atoms with Crippen LogP contribution in [0.5, 0.6) is 6.01 Å². The Morgan fingerprint density at radius 1 is 1.64 bits per heavy atom. The molecule has 0 atom stereocenters. The highest BCUT2D eigenvalue weighted by Crippen LogP contribution is 2.29. The summed E-state index contributed by atoms with van der Waals surface area (Å²) in [7, 11) is 3.94. The Bertz CT molecular complexity index is 291. The van der Waals surface area contributed by atoms with E-state index in [0.29, 0.717) is 6.10 Å². The van der Waals surface area contributed by atoms with Crippen LogP contribution in [-0.4, -0.2) is 29.2 Å². The van der Waals surface area contributed by atoms with Gasteiger partial charge in [-0.3, -0.25) is 0 Å². The zero-order valence-corrected chi connectivity index (χ0v) is 8.73. The fourth-order valence-corrected chi connectivity index (χ4v) is 1.84. The maximum Gasteiger partial charge on any atom is 0.296 e. The summed E-state index contributed by atoms with van der Waals surface area (Å²) in [5, 5.41) is 3.18. The van der Waals surface area contributed by atoms with Gasteiger partial charge in [-0.15, -0.1) is 0 Å². The molecule has 0 radical (unpaired) electrons. The molecule has 0 spiro atoms. The molecule has 0 amide bonds. The van der Waals surface area contributed by atoms with Crippen LogP contribution in [0, 0.1) is 5.92 Å². The van der Waals surface area contributed by atoms with Crippen LogP contribution in [0.15, 0.2) is 12.4 Å². The van der Waals surface area contributed by atoms with Crippen molar-refractivity contribution in [1.82, 2.24) is 14.9 Å². The lowest BCUT2D eigenvalue weighted by atomic mass is 9.82. The van der Waals surface area contributed by atoms with E-state index in [1.165, 1.54) is 0 Å². The summed E-state index contributed by atoms with van der Waals surface area (Å²) >= 11 is 0. The van der Waals surface area contributed by atoms with Crippen molar-refractivity contribution in [1.29, 1.82) is 0 Å². The highest BCUT2D eigenvalue weighted by atomic mass is 16.5. The number of aromatic nitrogens is 2. The van der Waals surface area contributed by atoms with Crippen molar-refractivity contribution in [3.8, 4) is 6.01 Å². The second kappa shape index (κ2) is 4.00. The van der Waals surface area contributed by atoms with E-state index in [0.717, 1.165) is 31.3 Å². The monoisotopic (exact) mass is 195 g/mol. The fraction of sp³-hybridized carbons (Fsp3) is 0.700. The maximum atomic E-state index is 5.72. The van der Waals surface area contributed by atoms with Gasteiger partial charge in [-0.2, -0.15) is 0 Å². The van der Waals surface area contributed by atoms with Gasteiger partial charge in [-0.05, 0) is 32.4 Å². The Morgan fingerprint density at radius 2 is 2.43 bits per heavy atom. The second-order valence-electron chi connectivity index (χ2n) is 3.96. The van der Waals surface area contributed by atoms with Crippen molar-refractivity contribution in [3.63, 3.8) is 0 Å². The number of hydrogen-bond acceptors (Lipinski definition) is 3. The first-order chi connectivity index (χ1) is 6.79. The predicted octanol–water partition coefficient (Wildman–Crippen LogP) is 0.797. The summed E-state index contributed by atoms with van der Waals surface area (Å²) < 4.78 is 7.63. The number of hydrogen-bond donors (Lipinski definition) is 1. The summed E-state index contributed by atoms with van der Waals surface area (Å²) in [6.07, 6.45) is 6.33. The van der Waals surface area contributed by atoms with Gasteiger partial charge in [0, 0.05) is 19.4 Å². The number of ether oxygens (including phenoxy) is 1. The number of nitrogens with one attached hydrogen (secondary N) is 1. The topological polar surface area (TPSA) is 39.1 Å². The van der Waals surface area contributed by atoms with E-state index < -0.39 is 0 Å². The molecule has 78 valence electrons. The normalized spacial score (nSPS) is 25.9. The Morgan fingerprint density at radius 3 is 3.00 bits per heavy atom. The minimum absolute atomic E-state index is 0.370. The SMILES string of the molecule is CNCC1CC(Oc2nccn2C)C1. The van der Waals surface area contributed by atoms with Gasteiger partial charge in [0.05, 0.1) is 0 Å². The summed E-state index contributed by atoms with van der Waals surface area (Å²) in [4.78, 5) is 4.13. The molecule has 1 saturated carbocycles. The molecule has 1 aromatic heterocycles. The molecular formula is C10H17N3O. The average Bonchev–Trinajstić information content (AvgIpc) is 2.48. The number of rotatable bonds is 4. The van der Waals surface area contributed by atoms with Crippen molar-refractivity contribution in [3.05, 3.63) is 12.4 Å². The van der Waals surface area contributed by atoms with Crippen LogP contribution in [0.25, 0.3) is 0 Å². The molecule has 0 bridgehead atoms. The van der Waals surface area contributed by atoms with Gasteiger partial charge >= 0.3 is 0 Å². The van der Waals surface area contributed by atoms with E-state index in [1.807, 2.05) is 24.9 Å². The van der Waals surface area contributed by atoms with Gasteiger partial charge in [-0.1, -0.05) is 0 Å². The smallest absolute Gasteiger partial charge is 0.296 e. The third kappa shape index (κ3) is 1.90. The van der Waals surface area contributed by atoms with Crippen LogP contribution in [-0.2, 0) is 7.05 Å². The molecule has 1 heterocycles. The molecule has 0 aliphatic heterocycles. The first-order valence-electron chi connectivity index (χ1n) is 5.08. The van der Waals surface area contributed by atoms with Crippen LogP contribution in [0.2, 0.25) is 0 Å². The highest BCUT2D eigenvalue weighted by Gasteiger charge is 2.30. The van der Waals surface area contributed by atoms with Crippen molar-refractivity contribution in [2.24, 2.45) is 13.0 Å². The maximum absolute atomic E-state index is 5.72. The molecule has 1 aliphatic rings. The van der Waals surface area contributed by atoms with Crippen LogP contribution in [0.1, 0.15) is 12.8 Å². The van der Waals surface area contributed by atoms with Crippen molar-refractivity contribution in [2.75, 3.05) is 13.6 Å². The molecule has 0 aromatic carbocycles. The first-order valence-corrected chi connectivity index (χ1v) is 5.08. The molecule has 4 heteroatoms. The lowest BCUT2D eigenvalue weighted by molar-refractivity contribution is 0.0548. The Kier molecular flexibility index (Phi) is 2.72. The average molecular weight is 195 g/mol. The summed E-state index contributed by atoms with van der Waals surface area (Å²) in [5.74, 6) is 0.783. The zero-order chi connectivity index (χ0) is 9.97. The van der Waals surface area contributed by atoms with E-state index in [4.69, 9.17) is 4.74 Å². The van der Waals surface area contributed by atoms with Crippen molar-refractivity contribution >= 4 is 0 Å². The lowest BCUT2D eigenvalue weighted by Crippen LogP contribution is -2.39. The Hall–Kier alpha value is -1.03. The molecule has 1 aliphatic carbocycles. The number of nitrogens with zero attached hydrogens (tertiary/aromatic N) is 2. The van der Waals surface area contributed by atoms with Crippen LogP contribution >= 0.6 is 0 Å². The predicted molar refractivity (Wildman–Crippen MR) is 54.3 cm³/mol. The first kappa shape index (κ1) is 9.52. The van der Waals surface area contributed by atoms with Crippen LogP contribution in [0.4, 0.5) is 0 Å². The van der Waals surface area contributed by atoms with E-state index in [-0.39, 0.29) is 0 Å². The molecular weight excluding hydrogens is 178 g/mol. The van der Waals surface area contributed by atoms with Gasteiger partial charge in [-0.25, -0.2) is 4.98 Å². The largest absolute Gasteiger partial charge is 0.461 e. The molecule has 0 unspecified atom stereocenters. The molecule has 2 rings (SSSR count). The summed E-state index contributed by atoms with van der Waals surface area (Å²) in [6, 6.07) is 0.734. The number of aryl methyl sites for hydroxylation is 1. The van der Waals surface area contributed by atoms with Gasteiger partial charge < -0.3 is 14.6 Å². The fourth-order valence-electron chi connectivity index (χ4n) is 1.84. The second-order valence-corrected chi connectivity index (χ2v) is 3.96. The van der Waals surface area contributed by atoms with Gasteiger partial charge in [0.2, 0.25) is 0 Å². The molecule has 1 aromatic rings. The number of imidazole rings is 1. The summed E-state index contributed by atoms with van der Waals surface area (Å²) in [5.41, 5.74) is 0. The van der Waals surface area contributed by atoms with E-state index in [9.17, 15) is 0 Å². The van der Waals surface area contributed by atoms with Gasteiger partial charge in [0.15, 0.2) is 0 Å². The minimum atomic E-state index is 0.370. The van der Waals surface area contributed by atoms with E-state index in [1.54, 1.807) is 6.20 Å². The minimum Gasteiger partial charge on any atom is -0.461 e. The van der Waals surface area contributed by atoms with Gasteiger partial charge in [0.25, 0.3) is 6.01 Å². The zero-order valence-electron chi connectivity index (χ0n) is 8.73. The van der Waals surface area contributed by atoms with Crippen molar-refractivity contribution < 1.29 is 4.74 Å². The van der Waals surface area contributed by atoms with Crippen LogP contribution < -0.4 is 10.1 Å². The Labute approximate surface area is 84.3 Å². The standard InChI is InChI=1S/C10H17N3O/c1-11-7-8-5-9(6-8)14-10-12-3-4-13(10)2/h3-4,8-9,11H,5-7H2,1-2H3. The lowest BCUT2D eigenvalue weighted by Gasteiger charge is -2.34. The molecule has 4 nitrogen and oxygen atoms in total. The van der Waals surface area contributed by atoms with Crippen LogP contribution in [0.3, 0.4) is 0 Å². The molecule has 0 saturated heterocycles. The molecule has 14 heavy (non-hydrogen) atoms. The molecule has 1 N–H and O–H groups in total. The third-order valence-electron chi connectivity index (χ3n) is 2.73. The quantitative estimate of drug-likeness (QED) is 0.772. The summed E-state index contributed by atoms with van der Waals surface area (Å²) in [6.45, 7) is 1.10.